The lowest BCUT2D eigenvalue weighted by Gasteiger charge is -2.06. The molecule has 27 heavy (non-hydrogen) atoms. The van der Waals surface area contributed by atoms with E-state index < -0.39 is 0 Å². The first-order valence-electron chi connectivity index (χ1n) is 9.11. The van der Waals surface area contributed by atoms with Gasteiger partial charge in [-0.3, -0.25) is 0 Å². The van der Waals surface area contributed by atoms with Gasteiger partial charge < -0.3 is 0 Å². The minimum atomic E-state index is 1.30. The molecule has 4 aromatic carbocycles. The highest BCUT2D eigenvalue weighted by molar-refractivity contribution is 7.26. The second kappa shape index (κ2) is 5.66. The quantitative estimate of drug-likeness (QED) is 0.269. The number of aryl methyl sites for hydroxylation is 1. The maximum Gasteiger partial charge on any atom is 0.0361 e. The lowest BCUT2D eigenvalue weighted by molar-refractivity contribution is 1.52. The van der Waals surface area contributed by atoms with E-state index in [0.717, 1.165) is 0 Å². The van der Waals surface area contributed by atoms with Gasteiger partial charge in [0.2, 0.25) is 0 Å². The first-order chi connectivity index (χ1) is 13.3. The Morgan fingerprint density at radius 1 is 0.556 bits per heavy atom. The molecule has 0 saturated heterocycles. The summed E-state index contributed by atoms with van der Waals surface area (Å²) in [4.78, 5) is 0. The molecule has 0 N–H and O–H groups in total. The summed E-state index contributed by atoms with van der Waals surface area (Å²) in [7, 11) is 0. The fraction of sp³-hybridized carbons (Fsp3) is 0.0400. The Kier molecular flexibility index (Phi) is 3.22. The second-order valence-electron chi connectivity index (χ2n) is 7.09. The van der Waals surface area contributed by atoms with Gasteiger partial charge in [-0.25, -0.2) is 0 Å². The van der Waals surface area contributed by atoms with Gasteiger partial charge >= 0.3 is 0 Å². The van der Waals surface area contributed by atoms with E-state index in [0.29, 0.717) is 0 Å². The Bertz CT molecular complexity index is 1480. The van der Waals surface area contributed by atoms with E-state index in [9.17, 15) is 0 Å². The minimum Gasteiger partial charge on any atom is -0.135 e. The van der Waals surface area contributed by atoms with Crippen molar-refractivity contribution in [3.05, 3.63) is 84.4 Å². The van der Waals surface area contributed by atoms with E-state index in [-0.39, 0.29) is 0 Å². The zero-order valence-electron chi connectivity index (χ0n) is 14.8. The topological polar surface area (TPSA) is 0 Å². The molecule has 0 spiro atoms. The number of hydrogen-bond acceptors (Lipinski definition) is 2. The standard InChI is InChI=1S/C25H16S2/c1-15-9-11-23-20(13-15)25-17(6-4-8-24(25)27-23)16-10-12-22-19(14-16)18-5-2-3-7-21(18)26-22/h2-14H,1H3. The van der Waals surface area contributed by atoms with Crippen LogP contribution in [0.3, 0.4) is 0 Å². The third-order valence-corrected chi connectivity index (χ3v) is 7.63. The number of rotatable bonds is 1. The van der Waals surface area contributed by atoms with Crippen LogP contribution < -0.4 is 0 Å². The van der Waals surface area contributed by atoms with Crippen LogP contribution in [0.4, 0.5) is 0 Å². The maximum absolute atomic E-state index is 2.38. The molecule has 2 heteroatoms. The van der Waals surface area contributed by atoms with E-state index in [1.807, 2.05) is 22.7 Å². The summed E-state index contributed by atoms with van der Waals surface area (Å²) in [6, 6.07) is 29.2. The van der Waals surface area contributed by atoms with Crippen LogP contribution in [0.2, 0.25) is 0 Å². The Morgan fingerprint density at radius 3 is 2.26 bits per heavy atom. The van der Waals surface area contributed by atoms with Crippen LogP contribution in [0.1, 0.15) is 5.56 Å². The van der Waals surface area contributed by atoms with Gasteiger partial charge in [0, 0.05) is 40.3 Å². The maximum atomic E-state index is 2.38. The van der Waals surface area contributed by atoms with Crippen molar-refractivity contribution in [1.29, 1.82) is 0 Å². The fourth-order valence-electron chi connectivity index (χ4n) is 4.07. The highest BCUT2D eigenvalue weighted by atomic mass is 32.1. The summed E-state index contributed by atoms with van der Waals surface area (Å²) >= 11 is 3.77. The number of fused-ring (bicyclic) bond motifs is 6. The molecule has 0 unspecified atom stereocenters. The van der Waals surface area contributed by atoms with Crippen LogP contribution in [0, 0.1) is 6.92 Å². The lowest BCUT2D eigenvalue weighted by atomic mass is 9.97. The molecular weight excluding hydrogens is 364 g/mol. The van der Waals surface area contributed by atoms with E-state index in [1.54, 1.807) is 0 Å². The van der Waals surface area contributed by atoms with Gasteiger partial charge in [0.15, 0.2) is 0 Å². The summed E-state index contributed by atoms with van der Waals surface area (Å²) in [5, 5.41) is 5.49. The van der Waals surface area contributed by atoms with Crippen molar-refractivity contribution in [3.63, 3.8) is 0 Å². The van der Waals surface area contributed by atoms with E-state index >= 15 is 0 Å². The highest BCUT2D eigenvalue weighted by Crippen LogP contribution is 2.42. The van der Waals surface area contributed by atoms with Crippen molar-refractivity contribution in [2.24, 2.45) is 0 Å². The third-order valence-electron chi connectivity index (χ3n) is 5.34. The normalized spacial score (nSPS) is 11.9. The number of thiophene rings is 2. The summed E-state index contributed by atoms with van der Waals surface area (Å²) in [6.45, 7) is 2.18. The van der Waals surface area contributed by atoms with Crippen LogP contribution in [0.25, 0.3) is 51.5 Å². The Labute approximate surface area is 165 Å². The van der Waals surface area contributed by atoms with Crippen molar-refractivity contribution >= 4 is 63.0 Å². The van der Waals surface area contributed by atoms with Crippen LogP contribution in [0.15, 0.2) is 78.9 Å². The molecule has 128 valence electrons. The van der Waals surface area contributed by atoms with Crippen LogP contribution in [0.5, 0.6) is 0 Å². The van der Waals surface area contributed by atoms with E-state index in [1.165, 1.54) is 57.0 Å². The molecule has 0 saturated carbocycles. The van der Waals surface area contributed by atoms with E-state index in [2.05, 4.69) is 85.8 Å². The van der Waals surface area contributed by atoms with Gasteiger partial charge in [-0.05, 0) is 54.4 Å². The smallest absolute Gasteiger partial charge is 0.0361 e. The van der Waals surface area contributed by atoms with Crippen molar-refractivity contribution < 1.29 is 0 Å². The van der Waals surface area contributed by atoms with E-state index in [4.69, 9.17) is 0 Å². The van der Waals surface area contributed by atoms with Crippen LogP contribution in [-0.2, 0) is 0 Å². The molecule has 6 aromatic rings. The SMILES string of the molecule is Cc1ccc2sc3cccc(-c4ccc5sc6ccccc6c5c4)c3c2c1. The zero-order valence-corrected chi connectivity index (χ0v) is 16.5. The lowest BCUT2D eigenvalue weighted by Crippen LogP contribution is -1.80. The van der Waals surface area contributed by atoms with Crippen molar-refractivity contribution in [3.8, 4) is 11.1 Å². The third kappa shape index (κ3) is 2.27. The molecule has 2 aromatic heterocycles. The fourth-order valence-corrected chi connectivity index (χ4v) is 6.27. The predicted octanol–water partition coefficient (Wildman–Crippen LogP) is 8.40. The van der Waals surface area contributed by atoms with Crippen LogP contribution >= 0.6 is 22.7 Å². The minimum absolute atomic E-state index is 1.30. The molecule has 0 amide bonds. The van der Waals surface area contributed by atoms with Gasteiger partial charge in [-0.2, -0.15) is 0 Å². The first kappa shape index (κ1) is 15.4. The molecule has 0 aliphatic rings. The Hall–Kier alpha value is -2.68. The summed E-state index contributed by atoms with van der Waals surface area (Å²) in [5.41, 5.74) is 3.95. The zero-order chi connectivity index (χ0) is 18.0. The number of benzene rings is 4. The molecule has 0 radical (unpaired) electrons. The second-order valence-corrected chi connectivity index (χ2v) is 9.26. The summed E-state index contributed by atoms with van der Waals surface area (Å²) < 4.78 is 5.45. The average Bonchev–Trinajstić information content (AvgIpc) is 3.25. The highest BCUT2D eigenvalue weighted by Gasteiger charge is 2.12. The largest absolute Gasteiger partial charge is 0.135 e. The summed E-state index contributed by atoms with van der Waals surface area (Å²) in [6.07, 6.45) is 0. The number of hydrogen-bond donors (Lipinski definition) is 0. The van der Waals surface area contributed by atoms with Gasteiger partial charge in [0.25, 0.3) is 0 Å². The van der Waals surface area contributed by atoms with Crippen molar-refractivity contribution in [2.75, 3.05) is 0 Å². The van der Waals surface area contributed by atoms with Crippen LogP contribution in [-0.4, -0.2) is 0 Å². The van der Waals surface area contributed by atoms with Gasteiger partial charge in [-0.1, -0.05) is 48.0 Å². The summed E-state index contributed by atoms with van der Waals surface area (Å²) in [5.74, 6) is 0. The molecule has 0 aliphatic heterocycles. The van der Waals surface area contributed by atoms with Gasteiger partial charge in [0.05, 0.1) is 0 Å². The molecule has 6 rings (SSSR count). The molecule has 0 nitrogen and oxygen atoms in total. The molecule has 0 atom stereocenters. The monoisotopic (exact) mass is 380 g/mol. The molecule has 0 aliphatic carbocycles. The Balaban J connectivity index is 1.71. The average molecular weight is 381 g/mol. The predicted molar refractivity (Wildman–Crippen MR) is 122 cm³/mol. The van der Waals surface area contributed by atoms with Gasteiger partial charge in [-0.15, -0.1) is 22.7 Å². The Morgan fingerprint density at radius 2 is 1.30 bits per heavy atom. The van der Waals surface area contributed by atoms with Gasteiger partial charge in [0.1, 0.15) is 0 Å². The molecule has 0 fully saturated rings. The van der Waals surface area contributed by atoms with Crippen molar-refractivity contribution in [1.82, 2.24) is 0 Å². The molecule has 2 heterocycles. The molecular formula is C25H16S2. The first-order valence-corrected chi connectivity index (χ1v) is 10.7. The molecule has 0 bridgehead atoms. The van der Waals surface area contributed by atoms with Crippen molar-refractivity contribution in [2.45, 2.75) is 6.92 Å².